The van der Waals surface area contributed by atoms with Crippen molar-refractivity contribution in [3.63, 3.8) is 0 Å². The minimum atomic E-state index is -0.508. The lowest BCUT2D eigenvalue weighted by Gasteiger charge is -2.38. The van der Waals surface area contributed by atoms with Crippen LogP contribution in [-0.4, -0.2) is 59.7 Å². The summed E-state index contributed by atoms with van der Waals surface area (Å²) in [6.07, 6.45) is 2.01. The highest BCUT2D eigenvalue weighted by molar-refractivity contribution is 5.92. The standard InChI is InChI=1S/C31H31FN4O4/c1-39-19-18-35(31(38)33-25-10-6-9-24(32)21-25)22-29(37)36-17-16-34-15-7-14-28(34)30(36)23-8-5-13-27(20-23)40-26-11-3-2-4-12-26/h2-15,20-21,30H,16-19,22H2,1H3,(H,33,38). The fourth-order valence-corrected chi connectivity index (χ4v) is 4.85. The van der Waals surface area contributed by atoms with E-state index in [1.165, 1.54) is 30.2 Å². The number of nitrogens with zero attached hydrogens (tertiary/aromatic N) is 3. The molecule has 1 atom stereocenters. The van der Waals surface area contributed by atoms with E-state index in [4.69, 9.17) is 9.47 Å². The minimum Gasteiger partial charge on any atom is -0.457 e. The second-order valence-corrected chi connectivity index (χ2v) is 9.46. The zero-order chi connectivity index (χ0) is 27.9. The first-order chi connectivity index (χ1) is 19.5. The molecule has 1 unspecified atom stereocenters. The quantitative estimate of drug-likeness (QED) is 0.302. The number of carbonyl (C=O) groups is 2. The Labute approximate surface area is 232 Å². The molecule has 0 fully saturated rings. The molecule has 1 N–H and O–H groups in total. The number of urea groups is 1. The summed E-state index contributed by atoms with van der Waals surface area (Å²) >= 11 is 0. The highest BCUT2D eigenvalue weighted by Crippen LogP contribution is 2.35. The summed E-state index contributed by atoms with van der Waals surface area (Å²) in [6, 6.07) is 26.0. The van der Waals surface area contributed by atoms with Crippen LogP contribution >= 0.6 is 0 Å². The van der Waals surface area contributed by atoms with E-state index in [9.17, 15) is 14.0 Å². The molecule has 8 nitrogen and oxygen atoms in total. The predicted octanol–water partition coefficient (Wildman–Crippen LogP) is 5.53. The summed E-state index contributed by atoms with van der Waals surface area (Å²) in [5.41, 5.74) is 2.18. The lowest BCUT2D eigenvalue weighted by atomic mass is 9.99. The lowest BCUT2D eigenvalue weighted by molar-refractivity contribution is -0.134. The van der Waals surface area contributed by atoms with Crippen LogP contribution in [0.5, 0.6) is 11.5 Å². The van der Waals surface area contributed by atoms with Crippen molar-refractivity contribution < 1.29 is 23.5 Å². The van der Waals surface area contributed by atoms with Crippen LogP contribution in [0.4, 0.5) is 14.9 Å². The number of hydrogen-bond donors (Lipinski definition) is 1. The summed E-state index contributed by atoms with van der Waals surface area (Å²) in [6.45, 7) is 1.38. The van der Waals surface area contributed by atoms with Crippen LogP contribution in [0, 0.1) is 5.82 Å². The van der Waals surface area contributed by atoms with Crippen molar-refractivity contribution in [2.24, 2.45) is 0 Å². The Bertz CT molecular complexity index is 1460. The molecule has 0 radical (unpaired) electrons. The first kappa shape index (κ1) is 27.0. The van der Waals surface area contributed by atoms with Crippen molar-refractivity contribution in [1.82, 2.24) is 14.4 Å². The molecule has 4 aromatic rings. The van der Waals surface area contributed by atoms with Gasteiger partial charge >= 0.3 is 6.03 Å². The molecule has 0 aliphatic carbocycles. The van der Waals surface area contributed by atoms with Gasteiger partial charge in [0.05, 0.1) is 12.6 Å². The Hall–Kier alpha value is -4.63. The third-order valence-electron chi connectivity index (χ3n) is 6.77. The van der Waals surface area contributed by atoms with Crippen molar-refractivity contribution in [1.29, 1.82) is 0 Å². The van der Waals surface area contributed by atoms with E-state index in [0.29, 0.717) is 24.5 Å². The van der Waals surface area contributed by atoms with Gasteiger partial charge in [0, 0.05) is 44.3 Å². The molecular weight excluding hydrogens is 511 g/mol. The number of methoxy groups -OCH3 is 1. The molecule has 1 aliphatic rings. The first-order valence-electron chi connectivity index (χ1n) is 13.1. The minimum absolute atomic E-state index is 0.165. The van der Waals surface area contributed by atoms with Gasteiger partial charge in [-0.3, -0.25) is 4.79 Å². The molecule has 5 rings (SSSR count). The number of fused-ring (bicyclic) bond motifs is 1. The molecule has 2 heterocycles. The molecule has 0 saturated carbocycles. The fraction of sp³-hybridized carbons (Fsp3) is 0.226. The number of anilines is 1. The summed E-state index contributed by atoms with van der Waals surface area (Å²) in [5.74, 6) is 0.709. The highest BCUT2D eigenvalue weighted by Gasteiger charge is 2.33. The molecule has 3 amide bonds. The van der Waals surface area contributed by atoms with Crippen LogP contribution in [0.15, 0.2) is 97.2 Å². The third-order valence-corrected chi connectivity index (χ3v) is 6.77. The number of ether oxygens (including phenoxy) is 2. The van der Waals surface area contributed by atoms with E-state index < -0.39 is 11.8 Å². The van der Waals surface area contributed by atoms with E-state index in [2.05, 4.69) is 9.88 Å². The molecule has 0 bridgehead atoms. The molecule has 40 heavy (non-hydrogen) atoms. The number of amides is 3. The Morgan fingerprint density at radius 3 is 2.55 bits per heavy atom. The van der Waals surface area contributed by atoms with Crippen LogP contribution in [-0.2, 0) is 16.1 Å². The largest absolute Gasteiger partial charge is 0.457 e. The van der Waals surface area contributed by atoms with Crippen LogP contribution in [0.25, 0.3) is 0 Å². The Kier molecular flexibility index (Phi) is 8.41. The van der Waals surface area contributed by atoms with Crippen molar-refractivity contribution in [3.8, 4) is 11.5 Å². The Morgan fingerprint density at radius 2 is 1.75 bits per heavy atom. The van der Waals surface area contributed by atoms with Crippen LogP contribution in [0.2, 0.25) is 0 Å². The summed E-state index contributed by atoms with van der Waals surface area (Å²) in [5, 5.41) is 2.69. The smallest absolute Gasteiger partial charge is 0.322 e. The number of rotatable bonds is 9. The average Bonchev–Trinajstić information content (AvgIpc) is 3.44. The lowest BCUT2D eigenvalue weighted by Crippen LogP contribution is -2.49. The van der Waals surface area contributed by atoms with Crippen LogP contribution in [0.1, 0.15) is 17.3 Å². The average molecular weight is 543 g/mol. The molecule has 0 saturated heterocycles. The fourth-order valence-electron chi connectivity index (χ4n) is 4.85. The van der Waals surface area contributed by atoms with Crippen molar-refractivity contribution >= 4 is 17.6 Å². The Morgan fingerprint density at radius 1 is 0.950 bits per heavy atom. The van der Waals surface area contributed by atoms with E-state index in [-0.39, 0.29) is 31.6 Å². The second kappa shape index (κ2) is 12.5. The van der Waals surface area contributed by atoms with Gasteiger partial charge in [0.1, 0.15) is 23.9 Å². The van der Waals surface area contributed by atoms with Crippen molar-refractivity contribution in [2.45, 2.75) is 12.6 Å². The van der Waals surface area contributed by atoms with Crippen molar-refractivity contribution in [2.75, 3.05) is 38.7 Å². The van der Waals surface area contributed by atoms with Gasteiger partial charge < -0.3 is 29.2 Å². The monoisotopic (exact) mass is 542 g/mol. The molecule has 1 aliphatic heterocycles. The van der Waals surface area contributed by atoms with Gasteiger partial charge in [-0.15, -0.1) is 0 Å². The number of halogens is 1. The van der Waals surface area contributed by atoms with Gasteiger partial charge in [-0.1, -0.05) is 36.4 Å². The van der Waals surface area contributed by atoms with Gasteiger partial charge in [0.25, 0.3) is 0 Å². The molecule has 9 heteroatoms. The number of aromatic nitrogens is 1. The van der Waals surface area contributed by atoms with Crippen LogP contribution < -0.4 is 10.1 Å². The summed E-state index contributed by atoms with van der Waals surface area (Å²) < 4.78 is 27.1. The topological polar surface area (TPSA) is 76.0 Å². The van der Waals surface area contributed by atoms with Crippen molar-refractivity contribution in [3.05, 3.63) is 114 Å². The third kappa shape index (κ3) is 6.32. The van der Waals surface area contributed by atoms with Gasteiger partial charge in [-0.05, 0) is 60.2 Å². The Balaban J connectivity index is 1.39. The van der Waals surface area contributed by atoms with E-state index >= 15 is 0 Å². The van der Waals surface area contributed by atoms with E-state index in [0.717, 1.165) is 17.0 Å². The summed E-state index contributed by atoms with van der Waals surface area (Å²) in [7, 11) is 1.53. The number of benzene rings is 3. The van der Waals surface area contributed by atoms with Gasteiger partial charge in [0.2, 0.25) is 5.91 Å². The van der Waals surface area contributed by atoms with Gasteiger partial charge in [-0.25, -0.2) is 9.18 Å². The van der Waals surface area contributed by atoms with E-state index in [1.54, 1.807) is 11.0 Å². The second-order valence-electron chi connectivity index (χ2n) is 9.46. The number of para-hydroxylation sites is 1. The maximum atomic E-state index is 13.8. The highest BCUT2D eigenvalue weighted by atomic mass is 19.1. The first-order valence-corrected chi connectivity index (χ1v) is 13.1. The normalized spacial score (nSPS) is 14.3. The molecule has 206 valence electrons. The molecule has 1 aromatic heterocycles. The summed E-state index contributed by atoms with van der Waals surface area (Å²) in [4.78, 5) is 30.1. The van der Waals surface area contributed by atoms with Gasteiger partial charge in [0.15, 0.2) is 0 Å². The SMILES string of the molecule is COCCN(CC(=O)N1CCn2cccc2C1c1cccc(Oc2ccccc2)c1)C(=O)Nc1cccc(F)c1. The maximum Gasteiger partial charge on any atom is 0.322 e. The number of carbonyl (C=O) groups excluding carboxylic acids is 2. The maximum absolute atomic E-state index is 13.8. The predicted molar refractivity (Wildman–Crippen MR) is 150 cm³/mol. The van der Waals surface area contributed by atoms with Crippen LogP contribution in [0.3, 0.4) is 0 Å². The number of nitrogens with one attached hydrogen (secondary N) is 1. The molecule has 0 spiro atoms. The zero-order valence-electron chi connectivity index (χ0n) is 22.2. The number of hydrogen-bond acceptors (Lipinski definition) is 4. The molecule has 3 aromatic carbocycles. The van der Waals surface area contributed by atoms with Gasteiger partial charge in [-0.2, -0.15) is 0 Å². The zero-order valence-corrected chi connectivity index (χ0v) is 22.2. The molecular formula is C31H31FN4O4. The van der Waals surface area contributed by atoms with E-state index in [1.807, 2.05) is 72.9 Å².